The highest BCUT2D eigenvalue weighted by molar-refractivity contribution is 7.89. The topological polar surface area (TPSA) is 88.2 Å². The van der Waals surface area contributed by atoms with Crippen LogP contribution in [0.2, 0.25) is 0 Å². The summed E-state index contributed by atoms with van der Waals surface area (Å²) in [5.74, 6) is 0.902. The predicted molar refractivity (Wildman–Crippen MR) is 134 cm³/mol. The van der Waals surface area contributed by atoms with Crippen molar-refractivity contribution in [3.05, 3.63) is 83.9 Å². The smallest absolute Gasteiger partial charge is 0.255 e. The number of anilines is 1. The van der Waals surface area contributed by atoms with Crippen molar-refractivity contribution in [2.24, 2.45) is 0 Å². The average Bonchev–Trinajstić information content (AvgIpc) is 2.89. The zero-order valence-corrected chi connectivity index (χ0v) is 20.6. The molecule has 184 valence electrons. The van der Waals surface area contributed by atoms with Gasteiger partial charge in [0.15, 0.2) is 0 Å². The summed E-state index contributed by atoms with van der Waals surface area (Å²) in [6, 6.07) is 21.2. The average molecular weight is 496 g/mol. The molecular weight excluding hydrogens is 466 g/mol. The van der Waals surface area contributed by atoms with Crippen LogP contribution >= 0.6 is 0 Å². The molecule has 0 atom stereocenters. The van der Waals surface area contributed by atoms with Gasteiger partial charge in [-0.25, -0.2) is 8.42 Å². The van der Waals surface area contributed by atoms with Gasteiger partial charge in [-0.15, -0.1) is 0 Å². The fourth-order valence-electron chi connectivity index (χ4n) is 4.04. The van der Waals surface area contributed by atoms with Crippen molar-refractivity contribution in [2.45, 2.75) is 11.4 Å². The molecule has 4 rings (SSSR count). The van der Waals surface area contributed by atoms with Crippen LogP contribution in [-0.4, -0.2) is 63.9 Å². The number of carbonyl (C=O) groups is 1. The van der Waals surface area contributed by atoms with Crippen LogP contribution in [0.25, 0.3) is 0 Å². The van der Waals surface area contributed by atoms with Crippen molar-refractivity contribution in [1.29, 1.82) is 0 Å². The number of hydrogen-bond acceptors (Lipinski definition) is 6. The van der Waals surface area contributed by atoms with E-state index in [0.717, 1.165) is 5.56 Å². The number of benzene rings is 3. The minimum absolute atomic E-state index is 0.253. The number of piperazine rings is 1. The molecule has 0 aliphatic carbocycles. The van der Waals surface area contributed by atoms with Crippen molar-refractivity contribution in [3.8, 4) is 11.5 Å². The molecule has 1 amide bonds. The normalized spacial score (nSPS) is 14.9. The molecule has 1 N–H and O–H groups in total. The van der Waals surface area contributed by atoms with E-state index >= 15 is 0 Å². The summed E-state index contributed by atoms with van der Waals surface area (Å²) in [4.78, 5) is 15.4. The number of methoxy groups -OCH3 is 2. The minimum Gasteiger partial charge on any atom is -0.497 e. The number of nitrogens with one attached hydrogen (secondary N) is 1. The Kier molecular flexibility index (Phi) is 7.70. The Morgan fingerprint density at radius 1 is 0.886 bits per heavy atom. The molecule has 0 bridgehead atoms. The van der Waals surface area contributed by atoms with Crippen molar-refractivity contribution in [2.75, 3.05) is 45.7 Å². The van der Waals surface area contributed by atoms with Gasteiger partial charge in [0.1, 0.15) is 11.5 Å². The van der Waals surface area contributed by atoms with Gasteiger partial charge >= 0.3 is 0 Å². The first-order chi connectivity index (χ1) is 16.9. The molecule has 1 aliphatic rings. The third-order valence-electron chi connectivity index (χ3n) is 5.96. The summed E-state index contributed by atoms with van der Waals surface area (Å²) < 4.78 is 37.8. The Balaban J connectivity index is 1.38. The highest BCUT2D eigenvalue weighted by atomic mass is 32.2. The maximum absolute atomic E-state index is 12.9. The van der Waals surface area contributed by atoms with Crippen molar-refractivity contribution >= 4 is 21.6 Å². The molecule has 0 saturated carbocycles. The second-order valence-electron chi connectivity index (χ2n) is 8.21. The Bertz CT molecular complexity index is 1270. The van der Waals surface area contributed by atoms with E-state index in [4.69, 9.17) is 9.47 Å². The zero-order chi connectivity index (χ0) is 24.8. The van der Waals surface area contributed by atoms with Crippen LogP contribution in [0.4, 0.5) is 5.69 Å². The molecule has 1 heterocycles. The number of nitrogens with zero attached hydrogens (tertiary/aromatic N) is 2. The molecular formula is C26H29N3O5S. The summed E-state index contributed by atoms with van der Waals surface area (Å²) >= 11 is 0. The molecule has 0 spiro atoms. The first kappa shape index (κ1) is 24.7. The van der Waals surface area contributed by atoms with Crippen LogP contribution in [0.1, 0.15) is 15.9 Å². The molecule has 1 aliphatic heterocycles. The van der Waals surface area contributed by atoms with Crippen molar-refractivity contribution in [3.63, 3.8) is 0 Å². The van der Waals surface area contributed by atoms with Crippen molar-refractivity contribution < 1.29 is 22.7 Å². The molecule has 9 heteroatoms. The Morgan fingerprint density at radius 3 is 2.31 bits per heavy atom. The van der Waals surface area contributed by atoms with Gasteiger partial charge in [-0.05, 0) is 42.0 Å². The summed E-state index contributed by atoms with van der Waals surface area (Å²) in [5.41, 5.74) is 2.03. The van der Waals surface area contributed by atoms with Crippen molar-refractivity contribution in [1.82, 2.24) is 9.21 Å². The SMILES string of the molecule is COc1ccc(OC)c(NC(=O)c2cccc(CN3CCN(S(=O)(=O)c4ccccc4)CC3)c2)c1. The van der Waals surface area contributed by atoms with Gasteiger partial charge in [-0.2, -0.15) is 4.31 Å². The summed E-state index contributed by atoms with van der Waals surface area (Å²) in [7, 11) is -0.374. The van der Waals surface area contributed by atoms with Crippen LogP contribution in [0.15, 0.2) is 77.7 Å². The summed E-state index contributed by atoms with van der Waals surface area (Å²) in [5, 5.41) is 2.89. The molecule has 8 nitrogen and oxygen atoms in total. The largest absolute Gasteiger partial charge is 0.497 e. The lowest BCUT2D eigenvalue weighted by atomic mass is 10.1. The number of sulfonamides is 1. The fraction of sp³-hybridized carbons (Fsp3) is 0.269. The maximum atomic E-state index is 12.9. The van der Waals surface area contributed by atoms with Gasteiger partial charge in [0, 0.05) is 44.4 Å². The van der Waals surface area contributed by atoms with E-state index in [9.17, 15) is 13.2 Å². The van der Waals surface area contributed by atoms with Gasteiger partial charge in [0.2, 0.25) is 10.0 Å². The lowest BCUT2D eigenvalue weighted by Gasteiger charge is -2.34. The monoisotopic (exact) mass is 495 g/mol. The molecule has 0 unspecified atom stereocenters. The van der Waals surface area contributed by atoms with E-state index in [1.54, 1.807) is 68.8 Å². The molecule has 1 saturated heterocycles. The number of amides is 1. The standard InChI is InChI=1S/C26H29N3O5S/c1-33-22-11-12-25(34-2)24(18-22)27-26(30)21-8-6-7-20(17-21)19-28-13-15-29(16-14-28)35(31,32)23-9-4-3-5-10-23/h3-12,17-18H,13-16,19H2,1-2H3,(H,27,30). The Hall–Kier alpha value is -3.40. The molecule has 3 aromatic carbocycles. The number of rotatable bonds is 8. The maximum Gasteiger partial charge on any atom is 0.255 e. The number of hydrogen-bond donors (Lipinski definition) is 1. The lowest BCUT2D eigenvalue weighted by molar-refractivity contribution is 0.102. The van der Waals surface area contributed by atoms with Gasteiger partial charge in [0.25, 0.3) is 5.91 Å². The summed E-state index contributed by atoms with van der Waals surface area (Å²) in [6.07, 6.45) is 0. The van der Waals surface area contributed by atoms with E-state index in [1.165, 1.54) is 4.31 Å². The van der Waals surface area contributed by atoms with E-state index in [2.05, 4.69) is 10.2 Å². The van der Waals surface area contributed by atoms with Gasteiger partial charge in [-0.3, -0.25) is 9.69 Å². The third-order valence-corrected chi connectivity index (χ3v) is 7.88. The second-order valence-corrected chi connectivity index (χ2v) is 10.2. The molecule has 0 radical (unpaired) electrons. The van der Waals surface area contributed by atoms with Crippen LogP contribution in [0.5, 0.6) is 11.5 Å². The zero-order valence-electron chi connectivity index (χ0n) is 19.8. The summed E-state index contributed by atoms with van der Waals surface area (Å²) in [6.45, 7) is 2.70. The molecule has 3 aromatic rings. The second kappa shape index (κ2) is 10.9. The molecule has 1 fully saturated rings. The number of ether oxygens (including phenoxy) is 2. The minimum atomic E-state index is -3.48. The Labute approximate surface area is 206 Å². The van der Waals surface area contributed by atoms with E-state index < -0.39 is 10.0 Å². The quantitative estimate of drug-likeness (QED) is 0.515. The molecule has 0 aromatic heterocycles. The van der Waals surface area contributed by atoms with E-state index in [1.807, 2.05) is 18.2 Å². The van der Waals surface area contributed by atoms with Gasteiger partial charge in [0.05, 0.1) is 24.8 Å². The first-order valence-corrected chi connectivity index (χ1v) is 12.7. The van der Waals surface area contributed by atoms with E-state index in [0.29, 0.717) is 60.4 Å². The highest BCUT2D eigenvalue weighted by Crippen LogP contribution is 2.29. The van der Waals surface area contributed by atoms with Crippen LogP contribution in [0.3, 0.4) is 0 Å². The van der Waals surface area contributed by atoms with Gasteiger partial charge in [-0.1, -0.05) is 30.3 Å². The lowest BCUT2D eigenvalue weighted by Crippen LogP contribution is -2.48. The van der Waals surface area contributed by atoms with E-state index in [-0.39, 0.29) is 5.91 Å². The third kappa shape index (κ3) is 5.82. The van der Waals surface area contributed by atoms with Crippen LogP contribution in [0, 0.1) is 0 Å². The Morgan fingerprint density at radius 2 is 1.63 bits per heavy atom. The first-order valence-electron chi connectivity index (χ1n) is 11.3. The number of carbonyl (C=O) groups excluding carboxylic acids is 1. The van der Waals surface area contributed by atoms with Crippen LogP contribution in [-0.2, 0) is 16.6 Å². The fourth-order valence-corrected chi connectivity index (χ4v) is 5.49. The highest BCUT2D eigenvalue weighted by Gasteiger charge is 2.28. The molecule has 35 heavy (non-hydrogen) atoms. The van der Waals surface area contributed by atoms with Gasteiger partial charge < -0.3 is 14.8 Å². The van der Waals surface area contributed by atoms with Crippen LogP contribution < -0.4 is 14.8 Å². The predicted octanol–water partition coefficient (Wildman–Crippen LogP) is 3.46.